The van der Waals surface area contributed by atoms with E-state index in [1.807, 2.05) is 0 Å². The van der Waals surface area contributed by atoms with Crippen molar-refractivity contribution in [2.75, 3.05) is 19.8 Å². The highest BCUT2D eigenvalue weighted by atomic mass is 16.5. The molecule has 18 heavy (non-hydrogen) atoms. The molecular formula is C13H20O5. The number of ether oxygens (including phenoxy) is 2. The van der Waals surface area contributed by atoms with Gasteiger partial charge in [-0.2, -0.15) is 0 Å². The summed E-state index contributed by atoms with van der Waals surface area (Å²) in [5.74, 6) is -0.871. The molecule has 0 rings (SSSR count). The van der Waals surface area contributed by atoms with Crippen molar-refractivity contribution in [2.24, 2.45) is 0 Å². The Kier molecular flexibility index (Phi) is 9.58. The van der Waals surface area contributed by atoms with Crippen LogP contribution in [0.5, 0.6) is 0 Å². The molecule has 0 spiro atoms. The van der Waals surface area contributed by atoms with Crippen LogP contribution in [0.2, 0.25) is 0 Å². The Morgan fingerprint density at radius 3 is 2.50 bits per heavy atom. The molecule has 0 aromatic heterocycles. The minimum atomic E-state index is -0.485. The molecule has 0 bridgehead atoms. The van der Waals surface area contributed by atoms with Gasteiger partial charge in [0.1, 0.15) is 0 Å². The lowest BCUT2D eigenvalue weighted by Gasteiger charge is -2.05. The molecule has 0 aromatic carbocycles. The summed E-state index contributed by atoms with van der Waals surface area (Å²) in [4.78, 5) is 22.1. The van der Waals surface area contributed by atoms with Crippen LogP contribution in [0, 0.1) is 0 Å². The predicted molar refractivity (Wildman–Crippen MR) is 66.8 cm³/mol. The minimum Gasteiger partial charge on any atom is -0.462 e. The molecule has 1 N–H and O–H groups in total. The third-order valence-electron chi connectivity index (χ3n) is 2.07. The fraction of sp³-hybridized carbons (Fsp3) is 0.538. The quantitative estimate of drug-likeness (QED) is 0.383. The van der Waals surface area contributed by atoms with E-state index in [0.29, 0.717) is 24.8 Å². The number of unbranched alkanes of at least 4 members (excludes halogenated alkanes) is 1. The van der Waals surface area contributed by atoms with E-state index < -0.39 is 5.97 Å². The maximum atomic E-state index is 11.4. The van der Waals surface area contributed by atoms with Crippen LogP contribution in [-0.4, -0.2) is 36.9 Å². The van der Waals surface area contributed by atoms with Gasteiger partial charge in [-0.25, -0.2) is 9.59 Å². The molecular weight excluding hydrogens is 236 g/mol. The zero-order chi connectivity index (χ0) is 13.8. The third-order valence-corrected chi connectivity index (χ3v) is 2.07. The van der Waals surface area contributed by atoms with E-state index in [1.165, 1.54) is 0 Å². The Morgan fingerprint density at radius 2 is 1.89 bits per heavy atom. The second kappa shape index (κ2) is 10.5. The lowest BCUT2D eigenvalue weighted by molar-refractivity contribution is -0.140. The molecule has 0 saturated carbocycles. The zero-order valence-electron chi connectivity index (χ0n) is 10.7. The fourth-order valence-corrected chi connectivity index (χ4v) is 1.06. The first-order valence-corrected chi connectivity index (χ1v) is 5.85. The number of allylic oxidation sites excluding steroid dienone is 1. The van der Waals surface area contributed by atoms with Gasteiger partial charge in [0.15, 0.2) is 0 Å². The van der Waals surface area contributed by atoms with Gasteiger partial charge in [0.05, 0.1) is 13.2 Å². The number of aliphatic hydroxyl groups excluding tert-OH is 1. The summed E-state index contributed by atoms with van der Waals surface area (Å²) in [5, 5.41) is 8.59. The van der Waals surface area contributed by atoms with Crippen LogP contribution in [0.3, 0.4) is 0 Å². The SMILES string of the molecule is C=CC(=O)OCCCOC(=O)C(C)=CCCCO. The van der Waals surface area contributed by atoms with Crippen LogP contribution < -0.4 is 0 Å². The summed E-state index contributed by atoms with van der Waals surface area (Å²) in [6.45, 7) is 5.43. The highest BCUT2D eigenvalue weighted by Crippen LogP contribution is 2.01. The maximum Gasteiger partial charge on any atom is 0.333 e. The van der Waals surface area contributed by atoms with Crippen LogP contribution in [0.4, 0.5) is 0 Å². The van der Waals surface area contributed by atoms with E-state index in [0.717, 1.165) is 6.08 Å². The molecule has 0 fully saturated rings. The molecule has 0 saturated heterocycles. The van der Waals surface area contributed by atoms with E-state index in [9.17, 15) is 9.59 Å². The Labute approximate surface area is 107 Å². The summed E-state index contributed by atoms with van der Waals surface area (Å²) >= 11 is 0. The van der Waals surface area contributed by atoms with Crippen molar-refractivity contribution in [3.05, 3.63) is 24.3 Å². The summed E-state index contributed by atoms with van der Waals surface area (Å²) in [6, 6.07) is 0. The molecule has 0 aliphatic carbocycles. The third kappa shape index (κ3) is 8.52. The van der Waals surface area contributed by atoms with E-state index in [-0.39, 0.29) is 25.8 Å². The molecule has 0 radical (unpaired) electrons. The normalized spacial score (nSPS) is 10.9. The Bertz CT molecular complexity index is 307. The number of rotatable bonds is 9. The van der Waals surface area contributed by atoms with Crippen molar-refractivity contribution in [2.45, 2.75) is 26.2 Å². The molecule has 5 heteroatoms. The largest absolute Gasteiger partial charge is 0.462 e. The van der Waals surface area contributed by atoms with Crippen molar-refractivity contribution in [1.29, 1.82) is 0 Å². The predicted octanol–water partition coefficient (Wildman–Crippen LogP) is 1.37. The molecule has 0 aromatic rings. The average molecular weight is 256 g/mol. The van der Waals surface area contributed by atoms with Gasteiger partial charge in [0, 0.05) is 24.7 Å². The van der Waals surface area contributed by atoms with Gasteiger partial charge < -0.3 is 14.6 Å². The highest BCUT2D eigenvalue weighted by molar-refractivity contribution is 5.87. The summed E-state index contributed by atoms with van der Waals surface area (Å²) in [6.07, 6.45) is 4.54. The maximum absolute atomic E-state index is 11.4. The first kappa shape index (κ1) is 16.4. The van der Waals surface area contributed by atoms with Crippen LogP contribution in [-0.2, 0) is 19.1 Å². The Balaban J connectivity index is 3.66. The van der Waals surface area contributed by atoms with Gasteiger partial charge in [-0.1, -0.05) is 12.7 Å². The monoisotopic (exact) mass is 256 g/mol. The molecule has 0 heterocycles. The number of hydrogen-bond donors (Lipinski definition) is 1. The fourth-order valence-electron chi connectivity index (χ4n) is 1.06. The van der Waals surface area contributed by atoms with Crippen molar-refractivity contribution in [1.82, 2.24) is 0 Å². The second-order valence-corrected chi connectivity index (χ2v) is 3.61. The van der Waals surface area contributed by atoms with Crippen molar-refractivity contribution in [3.63, 3.8) is 0 Å². The summed E-state index contributed by atoms with van der Waals surface area (Å²) in [7, 11) is 0. The highest BCUT2D eigenvalue weighted by Gasteiger charge is 2.05. The van der Waals surface area contributed by atoms with Crippen molar-refractivity contribution < 1.29 is 24.2 Å². The van der Waals surface area contributed by atoms with Gasteiger partial charge in [-0.05, 0) is 19.8 Å². The van der Waals surface area contributed by atoms with Crippen molar-refractivity contribution in [3.8, 4) is 0 Å². The van der Waals surface area contributed by atoms with E-state index in [4.69, 9.17) is 14.6 Å². The molecule has 102 valence electrons. The first-order chi connectivity index (χ1) is 8.61. The molecule has 0 unspecified atom stereocenters. The van der Waals surface area contributed by atoms with E-state index in [1.54, 1.807) is 13.0 Å². The number of hydrogen-bond acceptors (Lipinski definition) is 5. The molecule has 5 nitrogen and oxygen atoms in total. The van der Waals surface area contributed by atoms with Crippen LogP contribution >= 0.6 is 0 Å². The Hall–Kier alpha value is -1.62. The minimum absolute atomic E-state index is 0.105. The van der Waals surface area contributed by atoms with Gasteiger partial charge >= 0.3 is 11.9 Å². The standard InChI is InChI=1S/C13H20O5/c1-3-12(15)17-9-6-10-18-13(16)11(2)7-4-5-8-14/h3,7,14H,1,4-6,8-10H2,2H3. The van der Waals surface area contributed by atoms with Gasteiger partial charge in [-0.15, -0.1) is 0 Å². The van der Waals surface area contributed by atoms with E-state index in [2.05, 4.69) is 6.58 Å². The van der Waals surface area contributed by atoms with E-state index >= 15 is 0 Å². The van der Waals surface area contributed by atoms with Gasteiger partial charge in [-0.3, -0.25) is 0 Å². The molecule has 0 aliphatic rings. The number of esters is 2. The number of aliphatic hydroxyl groups is 1. The molecule has 0 atom stereocenters. The molecule has 0 amide bonds. The Morgan fingerprint density at radius 1 is 1.22 bits per heavy atom. The van der Waals surface area contributed by atoms with Crippen LogP contribution in [0.25, 0.3) is 0 Å². The number of carbonyl (C=O) groups is 2. The van der Waals surface area contributed by atoms with Gasteiger partial charge in [0.2, 0.25) is 0 Å². The van der Waals surface area contributed by atoms with Crippen LogP contribution in [0.1, 0.15) is 26.2 Å². The topological polar surface area (TPSA) is 72.8 Å². The lowest BCUT2D eigenvalue weighted by Crippen LogP contribution is -2.10. The van der Waals surface area contributed by atoms with Gasteiger partial charge in [0.25, 0.3) is 0 Å². The molecule has 0 aliphatic heterocycles. The zero-order valence-corrected chi connectivity index (χ0v) is 10.7. The smallest absolute Gasteiger partial charge is 0.333 e. The average Bonchev–Trinajstić information content (AvgIpc) is 2.37. The summed E-state index contributed by atoms with van der Waals surface area (Å²) < 4.78 is 9.69. The van der Waals surface area contributed by atoms with Crippen molar-refractivity contribution >= 4 is 11.9 Å². The second-order valence-electron chi connectivity index (χ2n) is 3.61. The first-order valence-electron chi connectivity index (χ1n) is 5.85. The number of carbonyl (C=O) groups excluding carboxylic acids is 2. The summed E-state index contributed by atoms with van der Waals surface area (Å²) in [5.41, 5.74) is 0.520. The van der Waals surface area contributed by atoms with Crippen LogP contribution in [0.15, 0.2) is 24.3 Å². The lowest BCUT2D eigenvalue weighted by atomic mass is 10.2.